The second kappa shape index (κ2) is 15.3. The predicted molar refractivity (Wildman–Crippen MR) is 143 cm³/mol. The minimum absolute atomic E-state index is 0.582. The molecule has 1 aromatic rings. The SMILES string of the molecule is CCCCCc1ccc(OC[C@H]2CC[C@H](C#C/C=C/[C@H]3CC[C@H](CCCC)CC3)CC2)cc1. The summed E-state index contributed by atoms with van der Waals surface area (Å²) in [5.41, 5.74) is 1.43. The Kier molecular flexibility index (Phi) is 12.0. The number of unbranched alkanes of at least 4 members (excludes halogenated alkanes) is 3. The molecule has 2 aliphatic rings. The fourth-order valence-corrected chi connectivity index (χ4v) is 5.53. The van der Waals surface area contributed by atoms with E-state index in [0.29, 0.717) is 11.8 Å². The maximum Gasteiger partial charge on any atom is 0.119 e. The van der Waals surface area contributed by atoms with Gasteiger partial charge in [-0.05, 0) is 106 Å². The van der Waals surface area contributed by atoms with Crippen LogP contribution in [0.4, 0.5) is 0 Å². The van der Waals surface area contributed by atoms with E-state index in [2.05, 4.69) is 62.1 Å². The molecule has 0 radical (unpaired) electrons. The highest BCUT2D eigenvalue weighted by atomic mass is 16.5. The molecule has 0 amide bonds. The lowest BCUT2D eigenvalue weighted by atomic mass is 9.80. The first-order valence-corrected chi connectivity index (χ1v) is 14.2. The summed E-state index contributed by atoms with van der Waals surface area (Å²) in [7, 11) is 0. The smallest absolute Gasteiger partial charge is 0.119 e. The highest BCUT2D eigenvalue weighted by Crippen LogP contribution is 2.32. The van der Waals surface area contributed by atoms with Crippen LogP contribution in [-0.2, 0) is 6.42 Å². The van der Waals surface area contributed by atoms with Crippen LogP contribution in [0, 0.1) is 35.5 Å². The number of allylic oxidation sites excluding steroid dienone is 2. The summed E-state index contributed by atoms with van der Waals surface area (Å²) in [6.07, 6.45) is 24.4. The third kappa shape index (κ3) is 10.00. The average molecular weight is 449 g/mol. The van der Waals surface area contributed by atoms with Crippen LogP contribution in [0.1, 0.15) is 109 Å². The van der Waals surface area contributed by atoms with Gasteiger partial charge in [0.2, 0.25) is 0 Å². The van der Waals surface area contributed by atoms with E-state index in [9.17, 15) is 0 Å². The fourth-order valence-electron chi connectivity index (χ4n) is 5.53. The summed E-state index contributed by atoms with van der Waals surface area (Å²) in [5.74, 6) is 11.0. The molecule has 0 aromatic heterocycles. The molecule has 0 heterocycles. The quantitative estimate of drug-likeness (QED) is 0.242. The molecule has 0 N–H and O–H groups in total. The van der Waals surface area contributed by atoms with Crippen molar-refractivity contribution in [2.45, 2.75) is 110 Å². The minimum atomic E-state index is 0.582. The molecular formula is C32H48O. The van der Waals surface area contributed by atoms with E-state index in [1.807, 2.05) is 0 Å². The Hall–Kier alpha value is -1.68. The Morgan fingerprint density at radius 1 is 0.818 bits per heavy atom. The van der Waals surface area contributed by atoms with Gasteiger partial charge in [0, 0.05) is 5.92 Å². The second-order valence-corrected chi connectivity index (χ2v) is 10.7. The lowest BCUT2D eigenvalue weighted by Gasteiger charge is -2.26. The molecule has 2 saturated carbocycles. The zero-order chi connectivity index (χ0) is 23.1. The van der Waals surface area contributed by atoms with Crippen molar-refractivity contribution in [3.63, 3.8) is 0 Å². The molecule has 3 rings (SSSR count). The summed E-state index contributed by atoms with van der Waals surface area (Å²) in [6, 6.07) is 8.79. The summed E-state index contributed by atoms with van der Waals surface area (Å²) in [5, 5.41) is 0. The van der Waals surface area contributed by atoms with Gasteiger partial charge in [-0.25, -0.2) is 0 Å². The first kappa shape index (κ1) is 25.9. The molecule has 0 aliphatic heterocycles. The largest absolute Gasteiger partial charge is 0.493 e. The molecule has 2 fully saturated rings. The standard InChI is InChI=1S/C32H48O/c1-3-5-7-11-30-22-24-32(25-23-30)33-26-31-20-18-29(19-21-31)13-9-8-12-28-16-14-27(15-17-28)10-6-4-2/h8,12,22-25,27-29,31H,3-7,10-11,14-21,26H2,1-2H3/b12-8+/t27-,28-,29-,31-. The zero-order valence-corrected chi connectivity index (χ0v) is 21.5. The maximum atomic E-state index is 6.11. The molecular weight excluding hydrogens is 400 g/mol. The molecule has 0 spiro atoms. The van der Waals surface area contributed by atoms with Crippen molar-refractivity contribution < 1.29 is 4.74 Å². The van der Waals surface area contributed by atoms with E-state index >= 15 is 0 Å². The molecule has 2 aliphatic carbocycles. The third-order valence-corrected chi connectivity index (χ3v) is 7.92. The number of benzene rings is 1. The topological polar surface area (TPSA) is 9.23 Å². The first-order chi connectivity index (χ1) is 16.3. The van der Waals surface area contributed by atoms with Crippen molar-refractivity contribution in [3.05, 3.63) is 42.0 Å². The van der Waals surface area contributed by atoms with Crippen LogP contribution in [0.25, 0.3) is 0 Å². The maximum absolute atomic E-state index is 6.11. The molecule has 0 unspecified atom stereocenters. The molecule has 0 bridgehead atoms. The monoisotopic (exact) mass is 448 g/mol. The lowest BCUT2D eigenvalue weighted by Crippen LogP contribution is -2.19. The van der Waals surface area contributed by atoms with Gasteiger partial charge >= 0.3 is 0 Å². The molecule has 0 saturated heterocycles. The van der Waals surface area contributed by atoms with Crippen molar-refractivity contribution in [2.24, 2.45) is 23.7 Å². The molecule has 1 heteroatoms. The molecule has 0 atom stereocenters. The third-order valence-electron chi connectivity index (χ3n) is 7.92. The van der Waals surface area contributed by atoms with E-state index < -0.39 is 0 Å². The Bertz CT molecular complexity index is 718. The molecule has 182 valence electrons. The number of hydrogen-bond acceptors (Lipinski definition) is 1. The number of ether oxygens (including phenoxy) is 1. The van der Waals surface area contributed by atoms with Crippen molar-refractivity contribution in [1.82, 2.24) is 0 Å². The van der Waals surface area contributed by atoms with Gasteiger partial charge in [-0.15, -0.1) is 0 Å². The van der Waals surface area contributed by atoms with Crippen LogP contribution in [-0.4, -0.2) is 6.61 Å². The van der Waals surface area contributed by atoms with Gasteiger partial charge in [0.05, 0.1) is 6.61 Å². The fraction of sp³-hybridized carbons (Fsp3) is 0.688. The van der Waals surface area contributed by atoms with Gasteiger partial charge in [0.1, 0.15) is 5.75 Å². The van der Waals surface area contributed by atoms with Gasteiger partial charge in [-0.2, -0.15) is 0 Å². The van der Waals surface area contributed by atoms with E-state index in [1.165, 1.54) is 102 Å². The Balaban J connectivity index is 1.28. The van der Waals surface area contributed by atoms with Crippen LogP contribution in [0.5, 0.6) is 5.75 Å². The van der Waals surface area contributed by atoms with E-state index in [1.54, 1.807) is 0 Å². The average Bonchev–Trinajstić information content (AvgIpc) is 2.86. The van der Waals surface area contributed by atoms with Gasteiger partial charge in [0.25, 0.3) is 0 Å². The normalized spacial score (nSPS) is 25.5. The second-order valence-electron chi connectivity index (χ2n) is 10.7. The van der Waals surface area contributed by atoms with Crippen LogP contribution in [0.15, 0.2) is 36.4 Å². The van der Waals surface area contributed by atoms with E-state index in [-0.39, 0.29) is 0 Å². The van der Waals surface area contributed by atoms with Crippen molar-refractivity contribution >= 4 is 0 Å². The number of hydrogen-bond donors (Lipinski definition) is 0. The Labute approximate surface area is 204 Å². The van der Waals surface area contributed by atoms with Gasteiger partial charge in [-0.3, -0.25) is 0 Å². The summed E-state index contributed by atoms with van der Waals surface area (Å²) in [6.45, 7) is 5.42. The number of rotatable bonds is 11. The van der Waals surface area contributed by atoms with Gasteiger partial charge in [-0.1, -0.05) is 76.0 Å². The minimum Gasteiger partial charge on any atom is -0.493 e. The van der Waals surface area contributed by atoms with E-state index in [0.717, 1.165) is 24.2 Å². The summed E-state index contributed by atoms with van der Waals surface area (Å²) >= 11 is 0. The Morgan fingerprint density at radius 3 is 2.21 bits per heavy atom. The lowest BCUT2D eigenvalue weighted by molar-refractivity contribution is 0.196. The van der Waals surface area contributed by atoms with E-state index in [4.69, 9.17) is 4.74 Å². The zero-order valence-electron chi connectivity index (χ0n) is 21.5. The van der Waals surface area contributed by atoms with Crippen molar-refractivity contribution in [2.75, 3.05) is 6.61 Å². The predicted octanol–water partition coefficient (Wildman–Crippen LogP) is 9.16. The van der Waals surface area contributed by atoms with Crippen LogP contribution < -0.4 is 4.74 Å². The number of aryl methyl sites for hydroxylation is 1. The van der Waals surface area contributed by atoms with Gasteiger partial charge in [0.15, 0.2) is 0 Å². The summed E-state index contributed by atoms with van der Waals surface area (Å²) in [4.78, 5) is 0. The highest BCUT2D eigenvalue weighted by molar-refractivity contribution is 5.27. The molecule has 1 aromatic carbocycles. The van der Waals surface area contributed by atoms with Crippen molar-refractivity contribution in [1.29, 1.82) is 0 Å². The van der Waals surface area contributed by atoms with Crippen LogP contribution in [0.2, 0.25) is 0 Å². The van der Waals surface area contributed by atoms with Gasteiger partial charge < -0.3 is 4.74 Å². The van der Waals surface area contributed by atoms with Crippen LogP contribution in [0.3, 0.4) is 0 Å². The molecule has 33 heavy (non-hydrogen) atoms. The van der Waals surface area contributed by atoms with Crippen LogP contribution >= 0.6 is 0 Å². The first-order valence-electron chi connectivity index (χ1n) is 14.2. The molecule has 1 nitrogen and oxygen atoms in total. The highest BCUT2D eigenvalue weighted by Gasteiger charge is 2.21. The van der Waals surface area contributed by atoms with Crippen molar-refractivity contribution in [3.8, 4) is 17.6 Å². The Morgan fingerprint density at radius 2 is 1.52 bits per heavy atom. The summed E-state index contributed by atoms with van der Waals surface area (Å²) < 4.78 is 6.11.